The van der Waals surface area contributed by atoms with Gasteiger partial charge in [0.1, 0.15) is 18.8 Å². The molecule has 0 radical (unpaired) electrons. The lowest BCUT2D eigenvalue weighted by Gasteiger charge is -2.22. The zero-order valence-electron chi connectivity index (χ0n) is 13.9. The third kappa shape index (κ3) is 4.64. The molecule has 138 valence electrons. The standard InChI is InChI=1S/C14H24FN3O5S/c1-3-23-13(19)7-16-14(20)12-6-11(9-18(12)24(2,21)22)17-5-4-10(15)8-17/h10-12H,3-9H2,1-2H3,(H,16,20)/t10?,11?,12-/m0/s1. The summed E-state index contributed by atoms with van der Waals surface area (Å²) in [5.41, 5.74) is 0. The van der Waals surface area contributed by atoms with Crippen LogP contribution in [0.1, 0.15) is 19.8 Å². The van der Waals surface area contributed by atoms with Crippen LogP contribution >= 0.6 is 0 Å². The van der Waals surface area contributed by atoms with Gasteiger partial charge in [-0.05, 0) is 19.8 Å². The van der Waals surface area contributed by atoms with E-state index in [1.807, 2.05) is 4.90 Å². The maximum absolute atomic E-state index is 13.4. The Morgan fingerprint density at radius 3 is 2.58 bits per heavy atom. The highest BCUT2D eigenvalue weighted by molar-refractivity contribution is 7.88. The van der Waals surface area contributed by atoms with E-state index in [-0.39, 0.29) is 38.7 Å². The summed E-state index contributed by atoms with van der Waals surface area (Å²) in [7, 11) is -3.59. The van der Waals surface area contributed by atoms with Crippen LogP contribution in [0.25, 0.3) is 0 Å². The van der Waals surface area contributed by atoms with Crippen molar-refractivity contribution in [3.05, 3.63) is 0 Å². The van der Waals surface area contributed by atoms with Gasteiger partial charge < -0.3 is 10.1 Å². The molecule has 0 aliphatic carbocycles. The Morgan fingerprint density at radius 1 is 1.33 bits per heavy atom. The molecule has 1 amide bonds. The number of sulfonamides is 1. The molecule has 24 heavy (non-hydrogen) atoms. The van der Waals surface area contributed by atoms with Gasteiger partial charge in [-0.25, -0.2) is 12.8 Å². The summed E-state index contributed by atoms with van der Waals surface area (Å²) in [5.74, 6) is -1.11. The van der Waals surface area contributed by atoms with Gasteiger partial charge in [0, 0.05) is 25.7 Å². The molecule has 0 spiro atoms. The molecule has 1 N–H and O–H groups in total. The number of hydrogen-bond acceptors (Lipinski definition) is 6. The Labute approximate surface area is 141 Å². The smallest absolute Gasteiger partial charge is 0.325 e. The van der Waals surface area contributed by atoms with Crippen molar-refractivity contribution in [2.24, 2.45) is 0 Å². The predicted octanol–water partition coefficient (Wildman–Crippen LogP) is -0.888. The molecule has 10 heteroatoms. The summed E-state index contributed by atoms with van der Waals surface area (Å²) >= 11 is 0. The van der Waals surface area contributed by atoms with Crippen molar-refractivity contribution in [2.75, 3.05) is 39.0 Å². The average molecular weight is 365 g/mol. The lowest BCUT2D eigenvalue weighted by Crippen LogP contribution is -2.46. The molecule has 0 aromatic rings. The number of alkyl halides is 1. The fourth-order valence-electron chi connectivity index (χ4n) is 3.22. The van der Waals surface area contributed by atoms with E-state index in [0.29, 0.717) is 13.0 Å². The Bertz CT molecular complexity index is 585. The highest BCUT2D eigenvalue weighted by atomic mass is 32.2. The van der Waals surface area contributed by atoms with Crippen LogP contribution < -0.4 is 5.32 Å². The summed E-state index contributed by atoms with van der Waals surface area (Å²) in [4.78, 5) is 25.5. The second kappa shape index (κ2) is 7.75. The van der Waals surface area contributed by atoms with Crippen LogP contribution in [-0.4, -0.2) is 86.8 Å². The third-order valence-corrected chi connectivity index (χ3v) is 5.61. The number of carbonyl (C=O) groups is 2. The van der Waals surface area contributed by atoms with Crippen LogP contribution in [0, 0.1) is 0 Å². The van der Waals surface area contributed by atoms with E-state index in [1.54, 1.807) is 6.92 Å². The van der Waals surface area contributed by atoms with E-state index in [0.717, 1.165) is 10.6 Å². The first kappa shape index (κ1) is 19.1. The summed E-state index contributed by atoms with van der Waals surface area (Å²) in [6, 6.07) is -1.09. The number of amides is 1. The Morgan fingerprint density at radius 2 is 2.04 bits per heavy atom. The van der Waals surface area contributed by atoms with Crippen molar-refractivity contribution in [1.82, 2.24) is 14.5 Å². The number of rotatable bonds is 6. The minimum atomic E-state index is -3.59. The van der Waals surface area contributed by atoms with Gasteiger partial charge in [0.25, 0.3) is 0 Å². The van der Waals surface area contributed by atoms with Crippen molar-refractivity contribution in [3.8, 4) is 0 Å². The lowest BCUT2D eigenvalue weighted by molar-refractivity contribution is -0.143. The highest BCUT2D eigenvalue weighted by Gasteiger charge is 2.44. The number of ether oxygens (including phenoxy) is 1. The number of hydrogen-bond donors (Lipinski definition) is 1. The van der Waals surface area contributed by atoms with E-state index in [9.17, 15) is 22.4 Å². The maximum atomic E-state index is 13.4. The van der Waals surface area contributed by atoms with Crippen molar-refractivity contribution in [1.29, 1.82) is 0 Å². The minimum Gasteiger partial charge on any atom is -0.465 e. The fraction of sp³-hybridized carbons (Fsp3) is 0.857. The fourth-order valence-corrected chi connectivity index (χ4v) is 4.30. The van der Waals surface area contributed by atoms with E-state index in [4.69, 9.17) is 4.74 Å². The monoisotopic (exact) mass is 365 g/mol. The molecule has 2 aliphatic heterocycles. The molecule has 0 aromatic carbocycles. The molecule has 0 aromatic heterocycles. The molecule has 2 saturated heterocycles. The average Bonchev–Trinajstić information content (AvgIpc) is 3.10. The molecule has 8 nitrogen and oxygen atoms in total. The molecular weight excluding hydrogens is 341 g/mol. The van der Waals surface area contributed by atoms with Crippen LogP contribution in [0.15, 0.2) is 0 Å². The van der Waals surface area contributed by atoms with Gasteiger partial charge in [-0.3, -0.25) is 14.5 Å². The van der Waals surface area contributed by atoms with Crippen LogP contribution in [-0.2, 0) is 24.3 Å². The predicted molar refractivity (Wildman–Crippen MR) is 84.5 cm³/mol. The van der Waals surface area contributed by atoms with Gasteiger partial charge in [-0.1, -0.05) is 0 Å². The highest BCUT2D eigenvalue weighted by Crippen LogP contribution is 2.28. The van der Waals surface area contributed by atoms with E-state index in [2.05, 4.69) is 5.32 Å². The second-order valence-electron chi connectivity index (χ2n) is 6.14. The van der Waals surface area contributed by atoms with Crippen LogP contribution in [0.3, 0.4) is 0 Å². The van der Waals surface area contributed by atoms with E-state index in [1.165, 1.54) is 0 Å². The number of esters is 1. The molecule has 2 aliphatic rings. The summed E-state index contributed by atoms with van der Waals surface area (Å²) in [6.45, 7) is 2.53. The zero-order chi connectivity index (χ0) is 17.9. The van der Waals surface area contributed by atoms with E-state index < -0.39 is 34.1 Å². The molecule has 0 saturated carbocycles. The minimum absolute atomic E-state index is 0.156. The Hall–Kier alpha value is -1.26. The number of carbonyl (C=O) groups excluding carboxylic acids is 2. The maximum Gasteiger partial charge on any atom is 0.325 e. The van der Waals surface area contributed by atoms with Gasteiger partial charge in [0.15, 0.2) is 0 Å². The molecule has 2 rings (SSSR count). The second-order valence-corrected chi connectivity index (χ2v) is 8.08. The SMILES string of the molecule is CCOC(=O)CNC(=O)[C@@H]1CC(N2CCC(F)C2)CN1S(C)(=O)=O. The largest absolute Gasteiger partial charge is 0.465 e. The molecule has 2 heterocycles. The Kier molecular flexibility index (Phi) is 6.16. The van der Waals surface area contributed by atoms with Gasteiger partial charge in [0.05, 0.1) is 12.9 Å². The van der Waals surface area contributed by atoms with Crippen LogP contribution in [0.4, 0.5) is 4.39 Å². The van der Waals surface area contributed by atoms with E-state index >= 15 is 0 Å². The van der Waals surface area contributed by atoms with Crippen LogP contribution in [0.2, 0.25) is 0 Å². The number of halogens is 1. The number of nitrogens with zero attached hydrogens (tertiary/aromatic N) is 2. The molecular formula is C14H24FN3O5S. The van der Waals surface area contributed by atoms with Crippen molar-refractivity contribution in [2.45, 2.75) is 38.0 Å². The third-order valence-electron chi connectivity index (χ3n) is 4.35. The summed E-state index contributed by atoms with van der Waals surface area (Å²) in [5, 5.41) is 2.42. The Balaban J connectivity index is 2.02. The van der Waals surface area contributed by atoms with Crippen molar-refractivity contribution < 1.29 is 27.1 Å². The van der Waals surface area contributed by atoms with Gasteiger partial charge in [-0.2, -0.15) is 4.31 Å². The first-order chi connectivity index (χ1) is 11.2. The zero-order valence-corrected chi connectivity index (χ0v) is 14.7. The molecule has 0 bridgehead atoms. The van der Waals surface area contributed by atoms with Gasteiger partial charge in [0.2, 0.25) is 15.9 Å². The van der Waals surface area contributed by atoms with Crippen molar-refractivity contribution >= 4 is 21.9 Å². The molecule has 2 unspecified atom stereocenters. The number of nitrogens with one attached hydrogen (secondary N) is 1. The van der Waals surface area contributed by atoms with Crippen LogP contribution in [0.5, 0.6) is 0 Å². The lowest BCUT2D eigenvalue weighted by atomic mass is 10.1. The summed E-state index contributed by atoms with van der Waals surface area (Å²) in [6.07, 6.45) is 0.848. The van der Waals surface area contributed by atoms with Gasteiger partial charge in [-0.15, -0.1) is 0 Å². The van der Waals surface area contributed by atoms with Crippen molar-refractivity contribution in [3.63, 3.8) is 0 Å². The topological polar surface area (TPSA) is 96.0 Å². The molecule has 3 atom stereocenters. The molecule has 2 fully saturated rings. The normalized spacial score (nSPS) is 28.9. The van der Waals surface area contributed by atoms with Gasteiger partial charge >= 0.3 is 5.97 Å². The first-order valence-corrected chi connectivity index (χ1v) is 9.85. The summed E-state index contributed by atoms with van der Waals surface area (Å²) < 4.78 is 43.2. The first-order valence-electron chi connectivity index (χ1n) is 8.00. The quantitative estimate of drug-likeness (QED) is 0.614. The number of likely N-dealkylation sites (tertiary alicyclic amines) is 1.